The summed E-state index contributed by atoms with van der Waals surface area (Å²) in [6, 6.07) is 3.87. The Hall–Kier alpha value is -2.48. The Kier molecular flexibility index (Phi) is 7.69. The largest absolute Gasteiger partial charge is 0.497 e. The zero-order valence-electron chi connectivity index (χ0n) is 17.8. The highest BCUT2D eigenvalue weighted by atomic mass is 16.6. The third kappa shape index (κ3) is 6.92. The molecule has 1 unspecified atom stereocenters. The molecule has 0 radical (unpaired) electrons. The summed E-state index contributed by atoms with van der Waals surface area (Å²) < 4.78 is 21.6. The van der Waals surface area contributed by atoms with Crippen molar-refractivity contribution in [2.75, 3.05) is 14.2 Å². The van der Waals surface area contributed by atoms with E-state index in [1.54, 1.807) is 59.7 Å². The van der Waals surface area contributed by atoms with Gasteiger partial charge in [-0.25, -0.2) is 9.59 Å². The number of methoxy groups -OCH3 is 2. The van der Waals surface area contributed by atoms with Crippen LogP contribution >= 0.6 is 0 Å². The lowest BCUT2D eigenvalue weighted by molar-refractivity contribution is -0.147. The molecule has 0 aromatic heterocycles. The lowest BCUT2D eigenvalue weighted by atomic mass is 9.97. The van der Waals surface area contributed by atoms with Crippen LogP contribution in [0.15, 0.2) is 18.2 Å². The molecule has 0 fully saturated rings. The Labute approximate surface area is 166 Å². The van der Waals surface area contributed by atoms with Crippen molar-refractivity contribution in [2.24, 2.45) is 0 Å². The number of hydrogen-bond donors (Lipinski definition) is 2. The summed E-state index contributed by atoms with van der Waals surface area (Å²) in [7, 11) is 3.04. The molecule has 0 saturated carbocycles. The van der Waals surface area contributed by atoms with E-state index in [4.69, 9.17) is 18.9 Å². The van der Waals surface area contributed by atoms with Gasteiger partial charge in [-0.15, -0.1) is 0 Å². The normalized spacial score (nSPS) is 14.0. The molecule has 0 spiro atoms. The summed E-state index contributed by atoms with van der Waals surface area (Å²) in [5, 5.41) is 11.8. The molecule has 0 saturated heterocycles. The molecule has 0 aliphatic rings. The summed E-state index contributed by atoms with van der Waals surface area (Å²) >= 11 is 0. The van der Waals surface area contributed by atoms with Crippen LogP contribution in [-0.4, -0.2) is 49.1 Å². The molecular weight excluding hydrogens is 366 g/mol. The van der Waals surface area contributed by atoms with Crippen molar-refractivity contribution in [3.8, 4) is 11.5 Å². The van der Waals surface area contributed by atoms with Crippen LogP contribution in [0.4, 0.5) is 4.79 Å². The number of nitrogens with one attached hydrogen (secondary N) is 1. The van der Waals surface area contributed by atoms with Crippen LogP contribution in [0.25, 0.3) is 0 Å². The number of carbonyl (C=O) groups is 2. The molecule has 8 heteroatoms. The van der Waals surface area contributed by atoms with Crippen molar-refractivity contribution in [2.45, 2.75) is 64.9 Å². The van der Waals surface area contributed by atoms with Gasteiger partial charge in [-0.05, 0) is 53.7 Å². The van der Waals surface area contributed by atoms with E-state index >= 15 is 0 Å². The van der Waals surface area contributed by atoms with Crippen molar-refractivity contribution in [3.63, 3.8) is 0 Å². The van der Waals surface area contributed by atoms with Gasteiger partial charge in [-0.2, -0.15) is 0 Å². The molecule has 0 bridgehead atoms. The SMILES string of the molecule is COc1cc(OC)cc(C(C)(C)OC(=O)N[C@H](C(=O)O)C(C)OC(C)(C)C)c1. The summed E-state index contributed by atoms with van der Waals surface area (Å²) in [4.78, 5) is 24.0. The predicted octanol–water partition coefficient (Wildman–Crippen LogP) is 3.32. The van der Waals surface area contributed by atoms with Gasteiger partial charge < -0.3 is 29.4 Å². The van der Waals surface area contributed by atoms with Crippen molar-refractivity contribution in [3.05, 3.63) is 23.8 Å². The van der Waals surface area contributed by atoms with Gasteiger partial charge in [0.1, 0.15) is 17.1 Å². The minimum absolute atomic E-state index is 0.544. The summed E-state index contributed by atoms with van der Waals surface area (Å²) in [5.74, 6) is -0.126. The van der Waals surface area contributed by atoms with Gasteiger partial charge in [0.05, 0.1) is 25.9 Å². The number of alkyl carbamates (subject to hydrolysis) is 1. The van der Waals surface area contributed by atoms with E-state index in [9.17, 15) is 14.7 Å². The number of benzene rings is 1. The van der Waals surface area contributed by atoms with Gasteiger partial charge in [0.15, 0.2) is 6.04 Å². The van der Waals surface area contributed by atoms with E-state index in [0.29, 0.717) is 17.1 Å². The third-order valence-electron chi connectivity index (χ3n) is 3.94. The number of rotatable bonds is 8. The van der Waals surface area contributed by atoms with E-state index in [0.717, 1.165) is 0 Å². The summed E-state index contributed by atoms with van der Waals surface area (Å²) in [6.07, 6.45) is -1.63. The monoisotopic (exact) mass is 397 g/mol. The number of carboxylic acid groups (broad SMARTS) is 1. The smallest absolute Gasteiger partial charge is 0.408 e. The summed E-state index contributed by atoms with van der Waals surface area (Å²) in [6.45, 7) is 10.4. The molecule has 0 aliphatic heterocycles. The van der Waals surface area contributed by atoms with Gasteiger partial charge in [0.25, 0.3) is 0 Å². The van der Waals surface area contributed by atoms with Crippen LogP contribution in [0.2, 0.25) is 0 Å². The van der Waals surface area contributed by atoms with E-state index in [-0.39, 0.29) is 0 Å². The molecule has 2 N–H and O–H groups in total. The average Bonchev–Trinajstić information content (AvgIpc) is 2.56. The van der Waals surface area contributed by atoms with Gasteiger partial charge in [-0.1, -0.05) is 0 Å². The minimum atomic E-state index is -1.26. The van der Waals surface area contributed by atoms with Crippen LogP contribution < -0.4 is 14.8 Å². The van der Waals surface area contributed by atoms with Gasteiger partial charge in [0.2, 0.25) is 0 Å². The highest BCUT2D eigenvalue weighted by Gasteiger charge is 2.33. The maximum absolute atomic E-state index is 12.4. The zero-order valence-corrected chi connectivity index (χ0v) is 17.8. The van der Waals surface area contributed by atoms with E-state index in [1.165, 1.54) is 14.2 Å². The van der Waals surface area contributed by atoms with Crippen molar-refractivity contribution in [1.29, 1.82) is 0 Å². The Bertz CT molecular complexity index is 672. The van der Waals surface area contributed by atoms with Crippen molar-refractivity contribution in [1.82, 2.24) is 5.32 Å². The maximum atomic E-state index is 12.4. The van der Waals surface area contributed by atoms with E-state index < -0.39 is 35.4 Å². The van der Waals surface area contributed by atoms with Crippen LogP contribution in [0.1, 0.15) is 47.1 Å². The van der Waals surface area contributed by atoms with Gasteiger partial charge >= 0.3 is 12.1 Å². The quantitative estimate of drug-likeness (QED) is 0.693. The van der Waals surface area contributed by atoms with Crippen molar-refractivity contribution >= 4 is 12.1 Å². The Morgan fingerprint density at radius 1 is 1.00 bits per heavy atom. The first kappa shape index (κ1) is 23.6. The second kappa shape index (κ2) is 9.14. The van der Waals surface area contributed by atoms with Gasteiger partial charge in [0, 0.05) is 11.6 Å². The molecule has 1 rings (SSSR count). The fourth-order valence-electron chi connectivity index (χ4n) is 2.61. The third-order valence-corrected chi connectivity index (χ3v) is 3.94. The van der Waals surface area contributed by atoms with E-state index in [1.807, 2.05) is 0 Å². The number of carboxylic acids is 1. The number of aliphatic carboxylic acids is 1. The fourth-order valence-corrected chi connectivity index (χ4v) is 2.61. The average molecular weight is 397 g/mol. The Morgan fingerprint density at radius 3 is 1.89 bits per heavy atom. The molecular formula is C20H31NO7. The fraction of sp³-hybridized carbons (Fsp3) is 0.600. The number of hydrogen-bond acceptors (Lipinski definition) is 6. The highest BCUT2D eigenvalue weighted by Crippen LogP contribution is 2.32. The highest BCUT2D eigenvalue weighted by molar-refractivity contribution is 5.80. The Balaban J connectivity index is 2.96. The van der Waals surface area contributed by atoms with Crippen LogP contribution in [-0.2, 0) is 19.9 Å². The molecule has 2 atom stereocenters. The first-order valence-electron chi connectivity index (χ1n) is 8.92. The first-order valence-corrected chi connectivity index (χ1v) is 8.92. The van der Waals surface area contributed by atoms with E-state index in [2.05, 4.69) is 5.32 Å². The molecule has 28 heavy (non-hydrogen) atoms. The zero-order chi connectivity index (χ0) is 21.7. The maximum Gasteiger partial charge on any atom is 0.408 e. The minimum Gasteiger partial charge on any atom is -0.497 e. The molecule has 1 amide bonds. The lowest BCUT2D eigenvalue weighted by Gasteiger charge is -2.31. The molecule has 1 aromatic carbocycles. The number of amides is 1. The van der Waals surface area contributed by atoms with Crippen LogP contribution in [0.3, 0.4) is 0 Å². The molecule has 1 aromatic rings. The molecule has 158 valence electrons. The lowest BCUT2D eigenvalue weighted by Crippen LogP contribution is -2.51. The Morgan fingerprint density at radius 2 is 1.50 bits per heavy atom. The molecule has 0 heterocycles. The molecule has 0 aliphatic carbocycles. The second-order valence-electron chi connectivity index (χ2n) is 7.90. The molecule has 8 nitrogen and oxygen atoms in total. The van der Waals surface area contributed by atoms with Crippen LogP contribution in [0, 0.1) is 0 Å². The predicted molar refractivity (Wildman–Crippen MR) is 104 cm³/mol. The second-order valence-corrected chi connectivity index (χ2v) is 7.90. The summed E-state index contributed by atoms with van der Waals surface area (Å²) in [5.41, 5.74) is -0.997. The van der Waals surface area contributed by atoms with Crippen LogP contribution in [0.5, 0.6) is 11.5 Å². The standard InChI is InChI=1S/C20H31NO7/c1-12(27-19(2,3)4)16(17(22)23)21-18(24)28-20(5,6)13-9-14(25-7)11-15(10-13)26-8/h9-12,16H,1-8H3,(H,21,24)(H,22,23)/t12?,16-/m0/s1. The van der Waals surface area contributed by atoms with Crippen molar-refractivity contribution < 1.29 is 33.6 Å². The topological polar surface area (TPSA) is 103 Å². The van der Waals surface area contributed by atoms with Gasteiger partial charge in [-0.3, -0.25) is 0 Å². The number of ether oxygens (including phenoxy) is 4. The first-order chi connectivity index (χ1) is 12.8. The number of carbonyl (C=O) groups excluding carboxylic acids is 1.